The number of carbonyl (C=O) groups excluding carboxylic acids is 1. The predicted octanol–water partition coefficient (Wildman–Crippen LogP) is 4.66. The molecule has 7 nitrogen and oxygen atoms in total. The van der Waals surface area contributed by atoms with Crippen molar-refractivity contribution in [3.63, 3.8) is 0 Å². The van der Waals surface area contributed by atoms with E-state index in [4.69, 9.17) is 11.6 Å². The summed E-state index contributed by atoms with van der Waals surface area (Å²) in [6, 6.07) is 12.4. The summed E-state index contributed by atoms with van der Waals surface area (Å²) in [6.07, 6.45) is 5.17. The average Bonchev–Trinajstić information content (AvgIpc) is 3.11. The van der Waals surface area contributed by atoms with E-state index in [0.717, 1.165) is 27.8 Å². The minimum Gasteiger partial charge on any atom is -0.331 e. The maximum atomic E-state index is 12.4. The first-order valence-electron chi connectivity index (χ1n) is 9.10. The van der Waals surface area contributed by atoms with Crippen molar-refractivity contribution < 1.29 is 4.79 Å². The summed E-state index contributed by atoms with van der Waals surface area (Å²) in [7, 11) is 0. The van der Waals surface area contributed by atoms with E-state index in [9.17, 15) is 4.79 Å². The summed E-state index contributed by atoms with van der Waals surface area (Å²) in [5.41, 5.74) is 3.50. The fourth-order valence-electron chi connectivity index (χ4n) is 3.12. The van der Waals surface area contributed by atoms with Crippen LogP contribution in [0.1, 0.15) is 24.2 Å². The van der Waals surface area contributed by atoms with Gasteiger partial charge in [-0.2, -0.15) is 5.10 Å². The number of hydrogen-bond donors (Lipinski definition) is 2. The van der Waals surface area contributed by atoms with Crippen LogP contribution in [0.3, 0.4) is 0 Å². The van der Waals surface area contributed by atoms with Crippen LogP contribution in [-0.2, 0) is 0 Å². The summed E-state index contributed by atoms with van der Waals surface area (Å²) < 4.78 is 1.79. The number of nitrogens with one attached hydrogen (secondary N) is 2. The number of anilines is 1. The lowest BCUT2D eigenvalue weighted by molar-refractivity contribution is 0.249. The minimum atomic E-state index is -0.360. The van der Waals surface area contributed by atoms with Crippen molar-refractivity contribution in [3.05, 3.63) is 77.3 Å². The van der Waals surface area contributed by atoms with Crippen LogP contribution in [0.4, 0.5) is 10.6 Å². The van der Waals surface area contributed by atoms with Crippen molar-refractivity contribution in [2.45, 2.75) is 19.9 Å². The Hall–Kier alpha value is -3.45. The van der Waals surface area contributed by atoms with E-state index in [1.165, 1.54) is 0 Å². The molecule has 0 bridgehead atoms. The zero-order valence-corrected chi connectivity index (χ0v) is 16.7. The molecule has 0 spiro atoms. The Kier molecular flexibility index (Phi) is 5.14. The average molecular weight is 407 g/mol. The van der Waals surface area contributed by atoms with Gasteiger partial charge in [-0.25, -0.2) is 14.5 Å². The number of aryl methyl sites for hydroxylation is 1. The van der Waals surface area contributed by atoms with Gasteiger partial charge >= 0.3 is 6.03 Å². The molecule has 8 heteroatoms. The zero-order valence-electron chi connectivity index (χ0n) is 15.9. The van der Waals surface area contributed by atoms with Crippen molar-refractivity contribution in [3.8, 4) is 5.69 Å². The van der Waals surface area contributed by atoms with Crippen LogP contribution in [0, 0.1) is 6.92 Å². The van der Waals surface area contributed by atoms with Crippen molar-refractivity contribution in [2.24, 2.45) is 0 Å². The maximum Gasteiger partial charge on any atom is 0.320 e. The molecule has 2 amide bonds. The molecule has 0 aliphatic rings. The van der Waals surface area contributed by atoms with Gasteiger partial charge in [0.25, 0.3) is 0 Å². The molecule has 4 aromatic rings. The van der Waals surface area contributed by atoms with Crippen molar-refractivity contribution >= 4 is 34.4 Å². The molecule has 0 aliphatic carbocycles. The van der Waals surface area contributed by atoms with Gasteiger partial charge in [0.05, 0.1) is 29.6 Å². The number of halogens is 1. The molecule has 29 heavy (non-hydrogen) atoms. The van der Waals surface area contributed by atoms with Crippen LogP contribution >= 0.6 is 11.6 Å². The van der Waals surface area contributed by atoms with Crippen LogP contribution in [0.25, 0.3) is 16.6 Å². The smallest absolute Gasteiger partial charge is 0.320 e. The number of carbonyl (C=O) groups is 1. The molecule has 0 aliphatic heterocycles. The van der Waals surface area contributed by atoms with E-state index >= 15 is 0 Å². The lowest BCUT2D eigenvalue weighted by Gasteiger charge is -2.16. The fraction of sp³-hybridized carbons (Fsp3) is 0.143. The van der Waals surface area contributed by atoms with E-state index in [2.05, 4.69) is 25.7 Å². The number of nitrogens with zero attached hydrogens (tertiary/aromatic N) is 4. The summed E-state index contributed by atoms with van der Waals surface area (Å²) in [4.78, 5) is 20.9. The molecular formula is C21H19ClN6O. The number of urea groups is 1. The second-order valence-electron chi connectivity index (χ2n) is 6.68. The molecule has 4 rings (SSSR count). The van der Waals surface area contributed by atoms with Gasteiger partial charge in [0.2, 0.25) is 0 Å². The Balaban J connectivity index is 1.50. The second-order valence-corrected chi connectivity index (χ2v) is 7.09. The summed E-state index contributed by atoms with van der Waals surface area (Å²) >= 11 is 6.19. The fourth-order valence-corrected chi connectivity index (χ4v) is 3.42. The van der Waals surface area contributed by atoms with E-state index < -0.39 is 0 Å². The number of rotatable bonds is 4. The number of pyridine rings is 2. The molecule has 0 saturated carbocycles. The van der Waals surface area contributed by atoms with E-state index in [-0.39, 0.29) is 12.1 Å². The summed E-state index contributed by atoms with van der Waals surface area (Å²) in [5.74, 6) is 0.437. The first kappa shape index (κ1) is 18.9. The summed E-state index contributed by atoms with van der Waals surface area (Å²) in [5, 5.41) is 11.5. The number of fused-ring (bicyclic) bond motifs is 1. The molecule has 0 fully saturated rings. The van der Waals surface area contributed by atoms with Crippen LogP contribution in [0.5, 0.6) is 0 Å². The SMILES string of the molecule is Cc1cc(-n2ncc3cc(NC(=O)NC(C)c4ccccc4Cl)ncc32)ccn1. The predicted molar refractivity (Wildman–Crippen MR) is 113 cm³/mol. The van der Waals surface area contributed by atoms with Crippen molar-refractivity contribution in [2.75, 3.05) is 5.32 Å². The van der Waals surface area contributed by atoms with E-state index in [1.807, 2.05) is 44.2 Å². The molecule has 1 aromatic carbocycles. The minimum absolute atomic E-state index is 0.245. The van der Waals surface area contributed by atoms with Gasteiger partial charge < -0.3 is 5.32 Å². The summed E-state index contributed by atoms with van der Waals surface area (Å²) in [6.45, 7) is 3.80. The highest BCUT2D eigenvalue weighted by atomic mass is 35.5. The Morgan fingerprint density at radius 1 is 1.14 bits per heavy atom. The Morgan fingerprint density at radius 3 is 2.76 bits per heavy atom. The van der Waals surface area contributed by atoms with Crippen molar-refractivity contribution in [1.82, 2.24) is 25.1 Å². The second kappa shape index (κ2) is 7.89. The number of hydrogen-bond acceptors (Lipinski definition) is 4. The van der Waals surface area contributed by atoms with Gasteiger partial charge in [0, 0.05) is 22.3 Å². The number of aromatic nitrogens is 4. The highest BCUT2D eigenvalue weighted by Crippen LogP contribution is 2.23. The molecule has 1 atom stereocenters. The molecule has 2 N–H and O–H groups in total. The quantitative estimate of drug-likeness (QED) is 0.516. The number of benzene rings is 1. The molecule has 0 saturated heterocycles. The monoisotopic (exact) mass is 406 g/mol. The topological polar surface area (TPSA) is 84.7 Å². The zero-order chi connectivity index (χ0) is 20.4. The highest BCUT2D eigenvalue weighted by molar-refractivity contribution is 6.31. The lowest BCUT2D eigenvalue weighted by Crippen LogP contribution is -2.31. The van der Waals surface area contributed by atoms with Gasteiger partial charge in [-0.15, -0.1) is 0 Å². The molecule has 146 valence electrons. The van der Waals surface area contributed by atoms with Crippen LogP contribution in [0.15, 0.2) is 61.1 Å². The maximum absolute atomic E-state index is 12.4. The standard InChI is InChI=1S/C21H19ClN6O/c1-13-9-16(7-8-23-13)28-19-12-24-20(10-15(19)11-25-28)27-21(29)26-14(2)17-5-3-4-6-18(17)22/h3-12,14H,1-2H3,(H2,24,26,27,29). The lowest BCUT2D eigenvalue weighted by atomic mass is 10.1. The van der Waals surface area contributed by atoms with Crippen LogP contribution < -0.4 is 10.6 Å². The van der Waals surface area contributed by atoms with Gasteiger partial charge in [-0.3, -0.25) is 10.3 Å². The third-order valence-electron chi connectivity index (χ3n) is 4.54. The van der Waals surface area contributed by atoms with Gasteiger partial charge in [-0.1, -0.05) is 29.8 Å². The Labute approximate surface area is 172 Å². The largest absolute Gasteiger partial charge is 0.331 e. The third-order valence-corrected chi connectivity index (χ3v) is 4.88. The number of amides is 2. The molecule has 3 aromatic heterocycles. The highest BCUT2D eigenvalue weighted by Gasteiger charge is 2.13. The molecule has 0 radical (unpaired) electrons. The normalized spacial score (nSPS) is 12.0. The van der Waals surface area contributed by atoms with Gasteiger partial charge in [0.1, 0.15) is 5.82 Å². The first-order valence-corrected chi connectivity index (χ1v) is 9.48. The van der Waals surface area contributed by atoms with Crippen LogP contribution in [-0.4, -0.2) is 25.8 Å². The van der Waals surface area contributed by atoms with Crippen LogP contribution in [0.2, 0.25) is 5.02 Å². The molecule has 3 heterocycles. The molecular weight excluding hydrogens is 388 g/mol. The Bertz CT molecular complexity index is 1190. The van der Waals surface area contributed by atoms with E-state index in [1.54, 1.807) is 35.4 Å². The first-order chi connectivity index (χ1) is 14.0. The van der Waals surface area contributed by atoms with E-state index in [0.29, 0.717) is 10.8 Å². The third kappa shape index (κ3) is 4.05. The molecule has 1 unspecified atom stereocenters. The van der Waals surface area contributed by atoms with Gasteiger partial charge in [-0.05, 0) is 43.7 Å². The van der Waals surface area contributed by atoms with Gasteiger partial charge in [0.15, 0.2) is 0 Å². The Morgan fingerprint density at radius 2 is 1.97 bits per heavy atom. The van der Waals surface area contributed by atoms with Crippen molar-refractivity contribution in [1.29, 1.82) is 0 Å².